The lowest BCUT2D eigenvalue weighted by Crippen LogP contribution is -2.29. The van der Waals surface area contributed by atoms with Gasteiger partial charge in [0.2, 0.25) is 5.82 Å². The molecule has 0 saturated carbocycles. The monoisotopic (exact) mass is 382 g/mol. The van der Waals surface area contributed by atoms with Gasteiger partial charge in [0, 0.05) is 30.0 Å². The second-order valence-corrected chi connectivity index (χ2v) is 6.23. The van der Waals surface area contributed by atoms with Crippen LogP contribution < -0.4 is 10.1 Å². The zero-order chi connectivity index (χ0) is 19.5. The molecule has 0 unspecified atom stereocenters. The largest absolute Gasteiger partial charge is 0.491 e. The molecule has 0 fully saturated rings. The van der Waals surface area contributed by atoms with Crippen molar-refractivity contribution < 1.29 is 23.9 Å². The maximum atomic E-state index is 12.5. The molecular formula is C19H18N4O5. The van der Waals surface area contributed by atoms with Crippen molar-refractivity contribution in [2.45, 2.75) is 19.3 Å². The minimum Gasteiger partial charge on any atom is -0.491 e. The van der Waals surface area contributed by atoms with Crippen LogP contribution in [0.4, 0.5) is 0 Å². The van der Waals surface area contributed by atoms with E-state index in [0.717, 1.165) is 11.1 Å². The van der Waals surface area contributed by atoms with Crippen LogP contribution in [-0.4, -0.2) is 39.9 Å². The average Bonchev–Trinajstić information content (AvgIpc) is 3.35. The van der Waals surface area contributed by atoms with Crippen molar-refractivity contribution in [3.05, 3.63) is 59.2 Å². The molecule has 0 saturated heterocycles. The number of ether oxygens (including phenoxy) is 2. The SMILES string of the molecule is COCc1nc(-c2ccc3c(c2)OC[C@H]3NC(=O)c2ccnc(CO)c2)no1. The van der Waals surface area contributed by atoms with Crippen LogP contribution in [0.3, 0.4) is 0 Å². The van der Waals surface area contributed by atoms with Gasteiger partial charge in [0.25, 0.3) is 11.8 Å². The van der Waals surface area contributed by atoms with Gasteiger partial charge in [0.15, 0.2) is 0 Å². The number of fused-ring (bicyclic) bond motifs is 1. The molecule has 1 aliphatic rings. The van der Waals surface area contributed by atoms with Gasteiger partial charge < -0.3 is 24.4 Å². The lowest BCUT2D eigenvalue weighted by atomic mass is 10.1. The molecule has 1 aromatic carbocycles. The van der Waals surface area contributed by atoms with E-state index in [2.05, 4.69) is 20.4 Å². The summed E-state index contributed by atoms with van der Waals surface area (Å²) in [5.41, 5.74) is 2.49. The van der Waals surface area contributed by atoms with Crippen LogP contribution >= 0.6 is 0 Å². The third kappa shape index (κ3) is 3.57. The van der Waals surface area contributed by atoms with Crippen LogP contribution in [-0.2, 0) is 18.0 Å². The number of aliphatic hydroxyl groups is 1. The fourth-order valence-corrected chi connectivity index (χ4v) is 2.97. The first-order chi connectivity index (χ1) is 13.7. The van der Waals surface area contributed by atoms with Gasteiger partial charge in [-0.2, -0.15) is 4.98 Å². The van der Waals surface area contributed by atoms with E-state index in [4.69, 9.17) is 14.0 Å². The van der Waals surface area contributed by atoms with Gasteiger partial charge in [-0.05, 0) is 18.2 Å². The molecule has 2 aromatic heterocycles. The van der Waals surface area contributed by atoms with Crippen molar-refractivity contribution >= 4 is 5.91 Å². The number of amides is 1. The number of hydrogen-bond acceptors (Lipinski definition) is 8. The average molecular weight is 382 g/mol. The lowest BCUT2D eigenvalue weighted by molar-refractivity contribution is 0.0930. The summed E-state index contributed by atoms with van der Waals surface area (Å²) in [5, 5.41) is 16.1. The molecule has 4 rings (SSSR count). The summed E-state index contributed by atoms with van der Waals surface area (Å²) in [6, 6.07) is 8.42. The highest BCUT2D eigenvalue weighted by Crippen LogP contribution is 2.35. The molecule has 3 aromatic rings. The minimum atomic E-state index is -0.281. The summed E-state index contributed by atoms with van der Waals surface area (Å²) in [7, 11) is 1.55. The Bertz CT molecular complexity index is 1000. The molecule has 1 amide bonds. The van der Waals surface area contributed by atoms with Crippen molar-refractivity contribution in [2.75, 3.05) is 13.7 Å². The van der Waals surface area contributed by atoms with Crippen LogP contribution in [0.15, 0.2) is 41.1 Å². The number of carbonyl (C=O) groups excluding carboxylic acids is 1. The smallest absolute Gasteiger partial charge is 0.252 e. The standard InChI is InChI=1S/C19H18N4O5/c1-26-10-17-22-18(23-28-17)11-2-3-14-15(9-27-16(14)7-11)21-19(25)12-4-5-20-13(6-12)8-24/h2-7,15,24H,8-10H2,1H3,(H,21,25)/t15-/m1/s1. The number of nitrogens with zero attached hydrogens (tertiary/aromatic N) is 3. The maximum absolute atomic E-state index is 12.5. The molecule has 9 heteroatoms. The number of rotatable bonds is 6. The Kier molecular flexibility index (Phi) is 5.00. The number of nitrogens with one attached hydrogen (secondary N) is 1. The van der Waals surface area contributed by atoms with Crippen LogP contribution in [0.2, 0.25) is 0 Å². The van der Waals surface area contributed by atoms with Crippen LogP contribution in [0, 0.1) is 0 Å². The number of benzene rings is 1. The van der Waals surface area contributed by atoms with Crippen molar-refractivity contribution in [1.29, 1.82) is 0 Å². The first-order valence-electron chi connectivity index (χ1n) is 8.63. The van der Waals surface area contributed by atoms with Crippen LogP contribution in [0.25, 0.3) is 11.4 Å². The van der Waals surface area contributed by atoms with Gasteiger partial charge in [0.05, 0.1) is 18.3 Å². The minimum absolute atomic E-state index is 0.221. The number of methoxy groups -OCH3 is 1. The van der Waals surface area contributed by atoms with E-state index in [1.54, 1.807) is 19.2 Å². The number of carbonyl (C=O) groups is 1. The Morgan fingerprint density at radius 1 is 1.36 bits per heavy atom. The van der Waals surface area contributed by atoms with E-state index >= 15 is 0 Å². The van der Waals surface area contributed by atoms with E-state index in [9.17, 15) is 9.90 Å². The van der Waals surface area contributed by atoms with Gasteiger partial charge in [-0.3, -0.25) is 9.78 Å². The van der Waals surface area contributed by atoms with Crippen molar-refractivity contribution in [1.82, 2.24) is 20.4 Å². The molecule has 1 atom stereocenters. The molecule has 1 aliphatic heterocycles. The van der Waals surface area contributed by atoms with Gasteiger partial charge in [-0.25, -0.2) is 0 Å². The molecule has 3 heterocycles. The fraction of sp³-hybridized carbons (Fsp3) is 0.263. The Morgan fingerprint density at radius 2 is 2.25 bits per heavy atom. The number of aliphatic hydroxyl groups excluding tert-OH is 1. The van der Waals surface area contributed by atoms with E-state index in [0.29, 0.717) is 35.3 Å². The van der Waals surface area contributed by atoms with Crippen LogP contribution in [0.5, 0.6) is 5.75 Å². The zero-order valence-electron chi connectivity index (χ0n) is 15.1. The zero-order valence-corrected chi connectivity index (χ0v) is 15.1. The number of hydrogen-bond donors (Lipinski definition) is 2. The third-order valence-corrected chi connectivity index (χ3v) is 4.33. The Balaban J connectivity index is 1.50. The van der Waals surface area contributed by atoms with E-state index in [-0.39, 0.29) is 25.2 Å². The predicted molar refractivity (Wildman–Crippen MR) is 96.3 cm³/mol. The highest BCUT2D eigenvalue weighted by Gasteiger charge is 2.27. The molecule has 9 nitrogen and oxygen atoms in total. The van der Waals surface area contributed by atoms with E-state index < -0.39 is 0 Å². The lowest BCUT2D eigenvalue weighted by Gasteiger charge is -2.12. The quantitative estimate of drug-likeness (QED) is 0.660. The topological polar surface area (TPSA) is 120 Å². The molecule has 0 spiro atoms. The Hall–Kier alpha value is -3.30. The summed E-state index contributed by atoms with van der Waals surface area (Å²) >= 11 is 0. The summed E-state index contributed by atoms with van der Waals surface area (Å²) in [5.74, 6) is 1.24. The molecular weight excluding hydrogens is 364 g/mol. The number of pyridine rings is 1. The van der Waals surface area contributed by atoms with Gasteiger partial charge in [-0.1, -0.05) is 17.3 Å². The first-order valence-corrected chi connectivity index (χ1v) is 8.63. The fourth-order valence-electron chi connectivity index (χ4n) is 2.97. The summed E-state index contributed by atoms with van der Waals surface area (Å²) < 4.78 is 15.8. The first kappa shape index (κ1) is 18.1. The summed E-state index contributed by atoms with van der Waals surface area (Å²) in [6.07, 6.45) is 1.49. The van der Waals surface area contributed by atoms with E-state index in [1.807, 2.05) is 18.2 Å². The maximum Gasteiger partial charge on any atom is 0.252 e. The Labute approximate surface area is 160 Å². The van der Waals surface area contributed by atoms with Crippen LogP contribution in [0.1, 0.15) is 33.5 Å². The highest BCUT2D eigenvalue weighted by atomic mass is 16.5. The number of aromatic nitrogens is 3. The third-order valence-electron chi connectivity index (χ3n) is 4.33. The van der Waals surface area contributed by atoms with Gasteiger partial charge in [-0.15, -0.1) is 0 Å². The predicted octanol–water partition coefficient (Wildman–Crippen LogP) is 1.63. The Morgan fingerprint density at radius 3 is 3.07 bits per heavy atom. The second-order valence-electron chi connectivity index (χ2n) is 6.23. The summed E-state index contributed by atoms with van der Waals surface area (Å²) in [6.45, 7) is 0.348. The van der Waals surface area contributed by atoms with Crippen molar-refractivity contribution in [3.63, 3.8) is 0 Å². The molecule has 144 valence electrons. The highest BCUT2D eigenvalue weighted by molar-refractivity contribution is 5.94. The second kappa shape index (κ2) is 7.75. The van der Waals surface area contributed by atoms with Gasteiger partial charge in [0.1, 0.15) is 19.0 Å². The van der Waals surface area contributed by atoms with Gasteiger partial charge >= 0.3 is 0 Å². The normalized spacial score (nSPS) is 15.1. The molecule has 0 aliphatic carbocycles. The van der Waals surface area contributed by atoms with Crippen molar-refractivity contribution in [2.24, 2.45) is 0 Å². The molecule has 0 bridgehead atoms. The molecule has 28 heavy (non-hydrogen) atoms. The molecule has 0 radical (unpaired) electrons. The molecule has 2 N–H and O–H groups in total. The summed E-state index contributed by atoms with van der Waals surface area (Å²) in [4.78, 5) is 20.8. The van der Waals surface area contributed by atoms with E-state index in [1.165, 1.54) is 6.20 Å². The van der Waals surface area contributed by atoms with Crippen molar-refractivity contribution in [3.8, 4) is 17.1 Å².